The van der Waals surface area contributed by atoms with Crippen molar-refractivity contribution in [3.8, 4) is 6.01 Å². The van der Waals surface area contributed by atoms with Crippen LogP contribution >= 0.6 is 0 Å². The number of sulfonamides is 1. The average Bonchev–Trinajstić information content (AvgIpc) is 2.68. The van der Waals surface area contributed by atoms with E-state index < -0.39 is 27.7 Å². The summed E-state index contributed by atoms with van der Waals surface area (Å²) in [6.45, 7) is 0.0341. The molecular formula is C10H13FN4O4S. The summed E-state index contributed by atoms with van der Waals surface area (Å²) >= 11 is 0. The lowest BCUT2D eigenvalue weighted by atomic mass is 10.1. The highest BCUT2D eigenvalue weighted by atomic mass is 32.2. The molecule has 1 fully saturated rings. The Kier molecular flexibility index (Phi) is 3.86. The number of hydrogen-bond donors (Lipinski definition) is 1. The van der Waals surface area contributed by atoms with Crippen LogP contribution in [0.25, 0.3) is 0 Å². The van der Waals surface area contributed by atoms with Crippen molar-refractivity contribution in [3.63, 3.8) is 0 Å². The molecule has 0 spiro atoms. The van der Waals surface area contributed by atoms with Gasteiger partial charge in [-0.3, -0.25) is 9.69 Å². The minimum absolute atomic E-state index is 0.0256. The molecule has 0 bridgehead atoms. The van der Waals surface area contributed by atoms with Crippen LogP contribution in [0.1, 0.15) is 6.42 Å². The van der Waals surface area contributed by atoms with E-state index in [1.54, 1.807) is 0 Å². The van der Waals surface area contributed by atoms with E-state index in [1.165, 1.54) is 7.11 Å². The Morgan fingerprint density at radius 2 is 2.30 bits per heavy atom. The standard InChI is InChI=1S/C10H13FN4O4S/c1-19-10-13-3-7(11)9(14-10)15-4-6(2-8(15)16)5-20(12,17)18/h3,6H,2,4-5H2,1H3,(H2,12,17,18). The summed E-state index contributed by atoms with van der Waals surface area (Å²) in [5.41, 5.74) is 0. The Morgan fingerprint density at radius 1 is 1.60 bits per heavy atom. The maximum absolute atomic E-state index is 13.7. The van der Waals surface area contributed by atoms with Crippen molar-refractivity contribution in [1.82, 2.24) is 9.97 Å². The molecule has 0 saturated carbocycles. The highest BCUT2D eigenvalue weighted by Crippen LogP contribution is 2.27. The van der Waals surface area contributed by atoms with Gasteiger partial charge in [0.05, 0.1) is 19.1 Å². The van der Waals surface area contributed by atoms with Crippen molar-refractivity contribution in [2.45, 2.75) is 6.42 Å². The van der Waals surface area contributed by atoms with Gasteiger partial charge in [-0.2, -0.15) is 4.98 Å². The molecule has 110 valence electrons. The van der Waals surface area contributed by atoms with Crippen LogP contribution in [0.2, 0.25) is 0 Å². The molecule has 1 unspecified atom stereocenters. The molecule has 8 nitrogen and oxygen atoms in total. The maximum atomic E-state index is 13.7. The van der Waals surface area contributed by atoms with Crippen molar-refractivity contribution in [2.24, 2.45) is 11.1 Å². The van der Waals surface area contributed by atoms with E-state index in [0.717, 1.165) is 11.1 Å². The Labute approximate surface area is 114 Å². The lowest BCUT2D eigenvalue weighted by Gasteiger charge is -2.16. The van der Waals surface area contributed by atoms with Gasteiger partial charge in [-0.25, -0.2) is 22.9 Å². The highest BCUT2D eigenvalue weighted by molar-refractivity contribution is 7.89. The van der Waals surface area contributed by atoms with Gasteiger partial charge in [0.15, 0.2) is 11.6 Å². The Bertz CT molecular complexity index is 636. The van der Waals surface area contributed by atoms with Gasteiger partial charge in [0.2, 0.25) is 15.9 Å². The zero-order valence-corrected chi connectivity index (χ0v) is 11.4. The van der Waals surface area contributed by atoms with Gasteiger partial charge in [-0.05, 0) is 0 Å². The summed E-state index contributed by atoms with van der Waals surface area (Å²) in [7, 11) is -2.38. The smallest absolute Gasteiger partial charge is 0.318 e. The molecule has 2 heterocycles. The molecule has 1 saturated heterocycles. The molecule has 1 aliphatic rings. The molecule has 2 N–H and O–H groups in total. The van der Waals surface area contributed by atoms with Crippen molar-refractivity contribution < 1.29 is 22.3 Å². The molecule has 1 aliphatic heterocycles. The first-order valence-corrected chi connectivity index (χ1v) is 7.39. The summed E-state index contributed by atoms with van der Waals surface area (Å²) in [5.74, 6) is -2.25. The number of anilines is 1. The van der Waals surface area contributed by atoms with Crippen molar-refractivity contribution >= 4 is 21.7 Å². The summed E-state index contributed by atoms with van der Waals surface area (Å²) in [6, 6.07) is -0.0795. The molecule has 20 heavy (non-hydrogen) atoms. The van der Waals surface area contributed by atoms with Gasteiger partial charge < -0.3 is 4.74 Å². The van der Waals surface area contributed by atoms with Crippen molar-refractivity contribution in [1.29, 1.82) is 0 Å². The maximum Gasteiger partial charge on any atom is 0.318 e. The quantitative estimate of drug-likeness (QED) is 0.783. The monoisotopic (exact) mass is 304 g/mol. The fourth-order valence-electron chi connectivity index (χ4n) is 2.06. The first-order chi connectivity index (χ1) is 9.30. The number of primary sulfonamides is 1. The number of carbonyl (C=O) groups excluding carboxylic acids is 1. The number of amides is 1. The first kappa shape index (κ1) is 14.6. The largest absolute Gasteiger partial charge is 0.467 e. The number of carbonyl (C=O) groups is 1. The van der Waals surface area contributed by atoms with Crippen LogP contribution in [0, 0.1) is 11.7 Å². The molecule has 1 atom stereocenters. The number of nitrogens with zero attached hydrogens (tertiary/aromatic N) is 3. The van der Waals surface area contributed by atoms with E-state index in [1.807, 2.05) is 0 Å². The molecule has 1 aromatic rings. The normalized spacial score (nSPS) is 19.4. The topological polar surface area (TPSA) is 115 Å². The Hall–Kier alpha value is -1.81. The second kappa shape index (κ2) is 5.29. The van der Waals surface area contributed by atoms with Crippen LogP contribution in [-0.4, -0.2) is 43.7 Å². The molecule has 0 aromatic carbocycles. The van der Waals surface area contributed by atoms with E-state index in [4.69, 9.17) is 9.88 Å². The van der Waals surface area contributed by atoms with E-state index in [-0.39, 0.29) is 30.5 Å². The molecule has 0 aliphatic carbocycles. The van der Waals surface area contributed by atoms with E-state index in [0.29, 0.717) is 0 Å². The summed E-state index contributed by atoms with van der Waals surface area (Å²) in [6.07, 6.45) is 0.865. The second-order valence-corrected chi connectivity index (χ2v) is 6.09. The van der Waals surface area contributed by atoms with E-state index in [9.17, 15) is 17.6 Å². The lowest BCUT2D eigenvalue weighted by molar-refractivity contribution is -0.117. The third-order valence-electron chi connectivity index (χ3n) is 2.81. The third-order valence-corrected chi connectivity index (χ3v) is 3.75. The molecule has 10 heteroatoms. The molecule has 1 amide bonds. The zero-order valence-electron chi connectivity index (χ0n) is 10.6. The first-order valence-electron chi connectivity index (χ1n) is 5.67. The van der Waals surface area contributed by atoms with Crippen molar-refractivity contribution in [2.75, 3.05) is 24.3 Å². The third kappa shape index (κ3) is 3.20. The number of halogens is 1. The fraction of sp³-hybridized carbons (Fsp3) is 0.500. The number of nitrogens with two attached hydrogens (primary N) is 1. The minimum Gasteiger partial charge on any atom is -0.467 e. The van der Waals surface area contributed by atoms with Crippen LogP contribution in [0.4, 0.5) is 10.2 Å². The van der Waals surface area contributed by atoms with Gasteiger partial charge in [-0.15, -0.1) is 0 Å². The van der Waals surface area contributed by atoms with Crippen LogP contribution in [-0.2, 0) is 14.8 Å². The second-order valence-electron chi connectivity index (χ2n) is 4.43. The van der Waals surface area contributed by atoms with Gasteiger partial charge in [-0.1, -0.05) is 0 Å². The predicted octanol–water partition coefficient (Wildman–Crippen LogP) is -0.734. The Morgan fingerprint density at radius 3 is 2.90 bits per heavy atom. The number of hydrogen-bond acceptors (Lipinski definition) is 6. The van der Waals surface area contributed by atoms with Crippen LogP contribution in [0.15, 0.2) is 6.20 Å². The summed E-state index contributed by atoms with van der Waals surface area (Å²) in [4.78, 5) is 20.3. The van der Waals surface area contributed by atoms with Crippen LogP contribution < -0.4 is 14.8 Å². The average molecular weight is 304 g/mol. The van der Waals surface area contributed by atoms with Crippen LogP contribution in [0.5, 0.6) is 6.01 Å². The minimum atomic E-state index is -3.69. The summed E-state index contributed by atoms with van der Waals surface area (Å²) in [5, 5.41) is 4.94. The van der Waals surface area contributed by atoms with E-state index >= 15 is 0 Å². The fourth-order valence-corrected chi connectivity index (χ4v) is 2.94. The molecule has 1 aromatic heterocycles. The summed E-state index contributed by atoms with van der Waals surface area (Å²) < 4.78 is 40.5. The van der Waals surface area contributed by atoms with Crippen LogP contribution in [0.3, 0.4) is 0 Å². The van der Waals surface area contributed by atoms with Gasteiger partial charge in [0.25, 0.3) is 0 Å². The number of rotatable bonds is 4. The van der Waals surface area contributed by atoms with Gasteiger partial charge in [0.1, 0.15) is 0 Å². The molecule has 2 rings (SSSR count). The highest BCUT2D eigenvalue weighted by Gasteiger charge is 2.35. The number of ether oxygens (including phenoxy) is 1. The Balaban J connectivity index is 2.24. The zero-order chi connectivity index (χ0) is 14.9. The lowest BCUT2D eigenvalue weighted by Crippen LogP contribution is -2.29. The number of methoxy groups -OCH3 is 1. The van der Waals surface area contributed by atoms with Gasteiger partial charge >= 0.3 is 6.01 Å². The molecular weight excluding hydrogens is 291 g/mol. The van der Waals surface area contributed by atoms with Crippen molar-refractivity contribution in [3.05, 3.63) is 12.0 Å². The predicted molar refractivity (Wildman–Crippen MR) is 67.0 cm³/mol. The number of aromatic nitrogens is 2. The van der Waals surface area contributed by atoms with Gasteiger partial charge in [0, 0.05) is 18.9 Å². The van der Waals surface area contributed by atoms with E-state index in [2.05, 4.69) is 9.97 Å². The molecule has 0 radical (unpaired) electrons. The SMILES string of the molecule is COc1ncc(F)c(N2CC(CS(N)(=O)=O)CC2=O)n1.